The first kappa shape index (κ1) is 24.0. The third-order valence-corrected chi connectivity index (χ3v) is 7.11. The normalized spacial score (nSPS) is 19.7. The van der Waals surface area contributed by atoms with Crippen molar-refractivity contribution in [1.82, 2.24) is 19.7 Å². The number of amides is 3. The molecule has 1 aromatic carbocycles. The van der Waals surface area contributed by atoms with Crippen molar-refractivity contribution < 1.29 is 18.8 Å². The molecule has 3 amide bonds. The van der Waals surface area contributed by atoms with E-state index in [2.05, 4.69) is 4.98 Å². The number of imide groups is 1. The summed E-state index contributed by atoms with van der Waals surface area (Å²) in [6, 6.07) is 5.36. The quantitative estimate of drug-likeness (QED) is 0.567. The van der Waals surface area contributed by atoms with Gasteiger partial charge in [0.1, 0.15) is 10.8 Å². The van der Waals surface area contributed by atoms with Crippen LogP contribution in [0.15, 0.2) is 29.6 Å². The lowest BCUT2D eigenvalue weighted by Gasteiger charge is -2.31. The fourth-order valence-electron chi connectivity index (χ4n) is 3.91. The van der Waals surface area contributed by atoms with Crippen LogP contribution in [0.3, 0.4) is 0 Å². The number of carbonyl (C=O) groups is 3. The molecular weight excluding hydrogens is 431 g/mol. The average molecular weight is 461 g/mol. The molecule has 2 aromatic rings. The molecule has 1 aromatic heterocycles. The molecule has 7 nitrogen and oxygen atoms in total. The Morgan fingerprint density at radius 2 is 2.03 bits per heavy atom. The summed E-state index contributed by atoms with van der Waals surface area (Å²) in [5.41, 5.74) is -0.195. The molecular formula is C23H29FN4O3S. The molecule has 172 valence electrons. The second kappa shape index (κ2) is 9.46. The van der Waals surface area contributed by atoms with E-state index >= 15 is 0 Å². The number of aromatic nitrogens is 1. The lowest BCUT2D eigenvalue weighted by molar-refractivity contribution is -0.143. The Morgan fingerprint density at radius 3 is 2.62 bits per heavy atom. The molecule has 0 aliphatic carbocycles. The molecule has 0 spiro atoms. The van der Waals surface area contributed by atoms with Crippen molar-refractivity contribution in [1.29, 1.82) is 0 Å². The Balaban J connectivity index is 1.93. The van der Waals surface area contributed by atoms with Crippen LogP contribution in [-0.4, -0.2) is 71.6 Å². The second-order valence-electron chi connectivity index (χ2n) is 8.61. The average Bonchev–Trinajstić information content (AvgIpc) is 3.27. The van der Waals surface area contributed by atoms with E-state index in [4.69, 9.17) is 0 Å². The summed E-state index contributed by atoms with van der Waals surface area (Å²) >= 11 is 1.47. The van der Waals surface area contributed by atoms with Crippen molar-refractivity contribution in [3.05, 3.63) is 51.7 Å². The highest BCUT2D eigenvalue weighted by molar-refractivity contribution is 7.09. The monoisotopic (exact) mass is 460 g/mol. The number of hydrogen-bond acceptors (Lipinski definition) is 6. The summed E-state index contributed by atoms with van der Waals surface area (Å²) in [6.45, 7) is 4.49. The molecule has 0 saturated carbocycles. The van der Waals surface area contributed by atoms with E-state index < -0.39 is 17.1 Å². The number of nitrogens with zero attached hydrogens (tertiary/aromatic N) is 4. The van der Waals surface area contributed by atoms with Gasteiger partial charge >= 0.3 is 0 Å². The van der Waals surface area contributed by atoms with Crippen LogP contribution in [0.1, 0.15) is 42.1 Å². The van der Waals surface area contributed by atoms with Crippen LogP contribution in [0.2, 0.25) is 0 Å². The van der Waals surface area contributed by atoms with E-state index in [1.165, 1.54) is 34.4 Å². The van der Waals surface area contributed by atoms with Crippen molar-refractivity contribution in [3.8, 4) is 0 Å². The summed E-state index contributed by atoms with van der Waals surface area (Å²) in [7, 11) is 5.37. The van der Waals surface area contributed by atoms with E-state index in [9.17, 15) is 18.8 Å². The topological polar surface area (TPSA) is 73.8 Å². The van der Waals surface area contributed by atoms with Crippen molar-refractivity contribution in [2.45, 2.75) is 38.1 Å². The van der Waals surface area contributed by atoms with Gasteiger partial charge in [-0.05, 0) is 45.6 Å². The number of carbonyl (C=O) groups excluding carboxylic acids is 3. The zero-order valence-electron chi connectivity index (χ0n) is 19.1. The molecule has 32 heavy (non-hydrogen) atoms. The molecule has 3 rings (SSSR count). The Labute approximate surface area is 191 Å². The lowest BCUT2D eigenvalue weighted by Crippen LogP contribution is -2.44. The highest BCUT2D eigenvalue weighted by Crippen LogP contribution is 2.41. The van der Waals surface area contributed by atoms with E-state index in [0.717, 1.165) is 10.7 Å². The van der Waals surface area contributed by atoms with Crippen LogP contribution in [0.25, 0.3) is 0 Å². The number of rotatable bonds is 8. The second-order valence-corrected chi connectivity index (χ2v) is 9.50. The lowest BCUT2D eigenvalue weighted by atomic mass is 9.75. The van der Waals surface area contributed by atoms with E-state index in [-0.39, 0.29) is 37.2 Å². The smallest absolute Gasteiger partial charge is 0.240 e. The molecule has 2 atom stereocenters. The first-order valence-corrected chi connectivity index (χ1v) is 11.4. The van der Waals surface area contributed by atoms with Crippen LogP contribution >= 0.6 is 11.3 Å². The minimum absolute atomic E-state index is 0.160. The molecule has 1 aliphatic rings. The van der Waals surface area contributed by atoms with Gasteiger partial charge in [0.15, 0.2) is 0 Å². The Kier molecular flexibility index (Phi) is 7.09. The summed E-state index contributed by atoms with van der Waals surface area (Å²) in [5, 5.41) is 2.71. The highest BCUT2D eigenvalue weighted by atomic mass is 32.1. The standard InChI is InChI=1S/C23H29FN4O3S/c1-15-14-32-21(25-15)16(2)27(5)19(29)12-23(17-7-6-8-18(24)11-17)13-20(30)28(22(23)31)10-9-26(3)4/h6-8,11,14,16H,9-10,12-13H2,1-5H3/t16-,23-/m1/s1. The molecule has 0 unspecified atom stereocenters. The van der Waals surface area contributed by atoms with Gasteiger partial charge in [-0.15, -0.1) is 11.3 Å². The summed E-state index contributed by atoms with van der Waals surface area (Å²) in [6.07, 6.45) is -0.377. The predicted octanol–water partition coefficient (Wildman–Crippen LogP) is 2.76. The summed E-state index contributed by atoms with van der Waals surface area (Å²) in [4.78, 5) is 48.8. The number of likely N-dealkylation sites (tertiary alicyclic amines) is 1. The van der Waals surface area contributed by atoms with E-state index in [0.29, 0.717) is 12.1 Å². The number of aryl methyl sites for hydroxylation is 1. The first-order valence-electron chi connectivity index (χ1n) is 10.5. The zero-order chi connectivity index (χ0) is 23.6. The van der Waals surface area contributed by atoms with E-state index in [1.807, 2.05) is 38.2 Å². The Hall–Kier alpha value is -2.65. The minimum atomic E-state index is -1.42. The van der Waals surface area contributed by atoms with E-state index in [1.54, 1.807) is 18.0 Å². The number of thiazole rings is 1. The summed E-state index contributed by atoms with van der Waals surface area (Å²) < 4.78 is 14.1. The van der Waals surface area contributed by atoms with Gasteiger partial charge in [-0.2, -0.15) is 0 Å². The molecule has 1 aliphatic heterocycles. The van der Waals surface area contributed by atoms with Crippen molar-refractivity contribution in [3.63, 3.8) is 0 Å². The van der Waals surface area contributed by atoms with Crippen LogP contribution in [0.4, 0.5) is 4.39 Å². The molecule has 0 radical (unpaired) electrons. The Morgan fingerprint density at radius 1 is 1.31 bits per heavy atom. The maximum atomic E-state index is 14.1. The van der Waals surface area contributed by atoms with Crippen LogP contribution in [0.5, 0.6) is 0 Å². The number of likely N-dealkylation sites (N-methyl/N-ethyl adjacent to an activating group) is 1. The van der Waals surface area contributed by atoms with Gasteiger partial charge in [0.25, 0.3) is 0 Å². The van der Waals surface area contributed by atoms with Gasteiger partial charge in [-0.1, -0.05) is 12.1 Å². The van der Waals surface area contributed by atoms with Crippen molar-refractivity contribution in [2.24, 2.45) is 0 Å². The van der Waals surface area contributed by atoms with Gasteiger partial charge in [-0.3, -0.25) is 19.3 Å². The van der Waals surface area contributed by atoms with Gasteiger partial charge in [0.05, 0.1) is 11.5 Å². The maximum Gasteiger partial charge on any atom is 0.240 e. The molecule has 1 saturated heterocycles. The third kappa shape index (κ3) is 4.73. The largest absolute Gasteiger partial charge is 0.337 e. The Bertz CT molecular complexity index is 1020. The number of hydrogen-bond donors (Lipinski definition) is 0. The van der Waals surface area contributed by atoms with Crippen LogP contribution in [0, 0.1) is 12.7 Å². The van der Waals surface area contributed by atoms with Crippen LogP contribution in [-0.2, 0) is 19.8 Å². The van der Waals surface area contributed by atoms with Crippen molar-refractivity contribution in [2.75, 3.05) is 34.2 Å². The highest BCUT2D eigenvalue weighted by Gasteiger charge is 2.54. The molecule has 1 fully saturated rings. The fraction of sp³-hybridized carbons (Fsp3) is 0.478. The zero-order valence-corrected chi connectivity index (χ0v) is 19.9. The van der Waals surface area contributed by atoms with Gasteiger partial charge in [0.2, 0.25) is 17.7 Å². The third-order valence-electron chi connectivity index (χ3n) is 5.98. The SMILES string of the molecule is Cc1csc([C@@H](C)N(C)C(=O)C[C@]2(c3cccc(F)c3)CC(=O)N(CCN(C)C)C2=O)n1. The molecule has 9 heteroatoms. The number of halogens is 1. The fourth-order valence-corrected chi connectivity index (χ4v) is 4.80. The van der Waals surface area contributed by atoms with Gasteiger partial charge < -0.3 is 9.80 Å². The maximum absolute atomic E-state index is 14.1. The van der Waals surface area contributed by atoms with Crippen LogP contribution < -0.4 is 0 Å². The molecule has 2 heterocycles. The predicted molar refractivity (Wildman–Crippen MR) is 121 cm³/mol. The molecule has 0 N–H and O–H groups in total. The molecule has 0 bridgehead atoms. The van der Waals surface area contributed by atoms with Crippen molar-refractivity contribution >= 4 is 29.1 Å². The number of benzene rings is 1. The minimum Gasteiger partial charge on any atom is -0.337 e. The summed E-state index contributed by atoms with van der Waals surface area (Å²) in [5.74, 6) is -1.61. The van der Waals surface area contributed by atoms with Gasteiger partial charge in [0, 0.05) is 44.1 Å². The first-order chi connectivity index (χ1) is 15.0. The van der Waals surface area contributed by atoms with Gasteiger partial charge in [-0.25, -0.2) is 9.37 Å².